The third-order valence-corrected chi connectivity index (χ3v) is 4.07. The first-order chi connectivity index (χ1) is 12.8. The Morgan fingerprint density at radius 2 is 1.81 bits per heavy atom. The molecule has 7 nitrogen and oxygen atoms in total. The molecule has 0 bridgehead atoms. The molecule has 26 heavy (non-hydrogen) atoms. The van der Waals surface area contributed by atoms with Crippen molar-refractivity contribution in [2.24, 2.45) is 9.98 Å². The van der Waals surface area contributed by atoms with Gasteiger partial charge in [0.2, 0.25) is 0 Å². The Balaban J connectivity index is 1.74. The number of aliphatic imine (C=N–C) groups is 2. The van der Waals surface area contributed by atoms with E-state index in [4.69, 9.17) is 14.5 Å². The van der Waals surface area contributed by atoms with E-state index >= 15 is 0 Å². The van der Waals surface area contributed by atoms with Crippen LogP contribution < -0.4 is 9.47 Å². The van der Waals surface area contributed by atoms with E-state index in [-0.39, 0.29) is 0 Å². The van der Waals surface area contributed by atoms with Crippen molar-refractivity contribution >= 4 is 17.5 Å². The average Bonchev–Trinajstić information content (AvgIpc) is 3.28. The predicted octanol–water partition coefficient (Wildman–Crippen LogP) is 2.88. The SMILES string of the molecule is COc1ccc(C2=Nc3ncnn3C2=NCc2ccccc2)cc1OC. The third kappa shape index (κ3) is 2.83. The smallest absolute Gasteiger partial charge is 0.254 e. The van der Waals surface area contributed by atoms with Gasteiger partial charge in [0.25, 0.3) is 5.95 Å². The summed E-state index contributed by atoms with van der Waals surface area (Å²) < 4.78 is 12.4. The summed E-state index contributed by atoms with van der Waals surface area (Å²) in [7, 11) is 3.21. The van der Waals surface area contributed by atoms with Crippen LogP contribution in [0.25, 0.3) is 0 Å². The van der Waals surface area contributed by atoms with E-state index in [0.717, 1.165) is 11.1 Å². The van der Waals surface area contributed by atoms with Crippen molar-refractivity contribution in [3.63, 3.8) is 0 Å². The van der Waals surface area contributed by atoms with Crippen molar-refractivity contribution < 1.29 is 9.47 Å². The zero-order valence-corrected chi connectivity index (χ0v) is 14.5. The van der Waals surface area contributed by atoms with Crippen molar-refractivity contribution in [3.05, 3.63) is 66.0 Å². The fourth-order valence-electron chi connectivity index (χ4n) is 2.78. The van der Waals surface area contributed by atoms with Crippen molar-refractivity contribution in [1.29, 1.82) is 0 Å². The molecule has 0 spiro atoms. The molecule has 4 rings (SSSR count). The number of rotatable bonds is 5. The van der Waals surface area contributed by atoms with Crippen molar-refractivity contribution in [2.75, 3.05) is 14.2 Å². The van der Waals surface area contributed by atoms with Crippen LogP contribution >= 0.6 is 0 Å². The maximum Gasteiger partial charge on any atom is 0.254 e. The van der Waals surface area contributed by atoms with Gasteiger partial charge in [-0.15, -0.1) is 0 Å². The number of aromatic nitrogens is 3. The third-order valence-electron chi connectivity index (χ3n) is 4.07. The van der Waals surface area contributed by atoms with Gasteiger partial charge in [-0.1, -0.05) is 30.3 Å². The molecule has 2 heterocycles. The lowest BCUT2D eigenvalue weighted by Crippen LogP contribution is -2.20. The molecule has 7 heteroatoms. The molecule has 0 amide bonds. The van der Waals surface area contributed by atoms with Gasteiger partial charge in [0.1, 0.15) is 12.0 Å². The summed E-state index contributed by atoms with van der Waals surface area (Å²) in [6.07, 6.45) is 1.47. The van der Waals surface area contributed by atoms with Crippen LogP contribution in [0.4, 0.5) is 5.95 Å². The summed E-state index contributed by atoms with van der Waals surface area (Å²) in [5.74, 6) is 2.47. The lowest BCUT2D eigenvalue weighted by Gasteiger charge is -2.10. The molecule has 1 aromatic heterocycles. The molecule has 0 radical (unpaired) electrons. The van der Waals surface area contributed by atoms with Gasteiger partial charge >= 0.3 is 0 Å². The quantitative estimate of drug-likeness (QED) is 0.711. The first kappa shape index (κ1) is 16.0. The average molecular weight is 347 g/mol. The van der Waals surface area contributed by atoms with Crippen LogP contribution in [-0.4, -0.2) is 40.5 Å². The van der Waals surface area contributed by atoms with Gasteiger partial charge in [-0.05, 0) is 23.8 Å². The second-order valence-electron chi connectivity index (χ2n) is 5.63. The fourth-order valence-corrected chi connectivity index (χ4v) is 2.78. The van der Waals surface area contributed by atoms with E-state index in [0.29, 0.717) is 35.5 Å². The summed E-state index contributed by atoms with van der Waals surface area (Å²) in [4.78, 5) is 13.5. The minimum Gasteiger partial charge on any atom is -0.493 e. The van der Waals surface area contributed by atoms with Crippen LogP contribution in [0.15, 0.2) is 64.8 Å². The summed E-state index contributed by atoms with van der Waals surface area (Å²) >= 11 is 0. The lowest BCUT2D eigenvalue weighted by atomic mass is 10.1. The number of hydrogen-bond donors (Lipinski definition) is 0. The van der Waals surface area contributed by atoms with E-state index in [1.807, 2.05) is 48.5 Å². The summed E-state index contributed by atoms with van der Waals surface area (Å²) in [5, 5.41) is 4.25. The van der Waals surface area contributed by atoms with Crippen molar-refractivity contribution in [3.8, 4) is 11.5 Å². The molecule has 0 saturated carbocycles. The molecule has 1 aliphatic rings. The zero-order valence-electron chi connectivity index (χ0n) is 14.5. The van der Waals surface area contributed by atoms with Crippen LogP contribution in [-0.2, 0) is 6.54 Å². The molecular weight excluding hydrogens is 330 g/mol. The van der Waals surface area contributed by atoms with Gasteiger partial charge < -0.3 is 9.47 Å². The van der Waals surface area contributed by atoms with Gasteiger partial charge in [-0.2, -0.15) is 14.8 Å². The molecule has 0 aliphatic carbocycles. The maximum absolute atomic E-state index is 5.40. The van der Waals surface area contributed by atoms with Crippen LogP contribution in [0.5, 0.6) is 11.5 Å². The minimum atomic E-state index is 0.515. The highest BCUT2D eigenvalue weighted by Gasteiger charge is 2.26. The largest absolute Gasteiger partial charge is 0.493 e. The molecule has 130 valence electrons. The van der Waals surface area contributed by atoms with Crippen LogP contribution in [0.1, 0.15) is 11.1 Å². The highest BCUT2D eigenvalue weighted by Crippen LogP contribution is 2.30. The fraction of sp³-hybridized carbons (Fsp3) is 0.158. The Hall–Kier alpha value is -3.48. The second-order valence-corrected chi connectivity index (χ2v) is 5.63. The Bertz CT molecular complexity index is 992. The Kier molecular flexibility index (Phi) is 4.18. The molecule has 1 aliphatic heterocycles. The van der Waals surface area contributed by atoms with Gasteiger partial charge in [0.15, 0.2) is 17.3 Å². The first-order valence-electron chi connectivity index (χ1n) is 8.10. The molecule has 0 saturated heterocycles. The molecule has 0 fully saturated rings. The Morgan fingerprint density at radius 1 is 1.00 bits per heavy atom. The standard InChI is InChI=1S/C19H17N5O2/c1-25-15-9-8-14(10-16(15)26-2)17-18(24-19(23-17)21-12-22-24)20-11-13-6-4-3-5-7-13/h3-10,12H,11H2,1-2H3. The number of fused-ring (bicyclic) bond motifs is 1. The molecular formula is C19H17N5O2. The lowest BCUT2D eigenvalue weighted by molar-refractivity contribution is 0.355. The highest BCUT2D eigenvalue weighted by atomic mass is 16.5. The molecule has 3 aromatic rings. The van der Waals surface area contributed by atoms with E-state index < -0.39 is 0 Å². The van der Waals surface area contributed by atoms with E-state index in [9.17, 15) is 0 Å². The molecule has 0 unspecified atom stereocenters. The molecule has 0 atom stereocenters. The van der Waals surface area contributed by atoms with Crippen LogP contribution in [0.3, 0.4) is 0 Å². The highest BCUT2D eigenvalue weighted by molar-refractivity contribution is 6.50. The predicted molar refractivity (Wildman–Crippen MR) is 98.7 cm³/mol. The van der Waals surface area contributed by atoms with E-state index in [2.05, 4.69) is 15.1 Å². The van der Waals surface area contributed by atoms with Crippen LogP contribution in [0.2, 0.25) is 0 Å². The second kappa shape index (κ2) is 6.79. The number of benzene rings is 2. The Morgan fingerprint density at radius 3 is 2.58 bits per heavy atom. The van der Waals surface area contributed by atoms with Gasteiger partial charge in [-0.3, -0.25) is 4.99 Å². The van der Waals surface area contributed by atoms with Gasteiger partial charge in [-0.25, -0.2) is 4.99 Å². The first-order valence-corrected chi connectivity index (χ1v) is 8.10. The van der Waals surface area contributed by atoms with Crippen molar-refractivity contribution in [2.45, 2.75) is 6.54 Å². The normalized spacial score (nSPS) is 14.2. The molecule has 2 aromatic carbocycles. The van der Waals surface area contributed by atoms with E-state index in [1.54, 1.807) is 18.9 Å². The monoisotopic (exact) mass is 347 g/mol. The summed E-state index contributed by atoms with van der Waals surface area (Å²) in [5.41, 5.74) is 2.68. The molecule has 0 N–H and O–H groups in total. The van der Waals surface area contributed by atoms with Crippen LogP contribution in [0, 0.1) is 0 Å². The number of hydrogen-bond acceptors (Lipinski definition) is 6. The van der Waals surface area contributed by atoms with Gasteiger partial charge in [0, 0.05) is 5.56 Å². The number of methoxy groups -OCH3 is 2. The number of nitrogens with zero attached hydrogens (tertiary/aromatic N) is 5. The summed E-state index contributed by atoms with van der Waals surface area (Å²) in [6.45, 7) is 0.530. The Labute approximate surface area is 150 Å². The zero-order chi connectivity index (χ0) is 17.9. The topological polar surface area (TPSA) is 73.9 Å². The van der Waals surface area contributed by atoms with E-state index in [1.165, 1.54) is 6.33 Å². The maximum atomic E-state index is 5.40. The van der Waals surface area contributed by atoms with Gasteiger partial charge in [0.05, 0.1) is 20.8 Å². The summed E-state index contributed by atoms with van der Waals surface area (Å²) in [6, 6.07) is 15.7. The van der Waals surface area contributed by atoms with Crippen molar-refractivity contribution in [1.82, 2.24) is 14.8 Å². The number of ether oxygens (including phenoxy) is 2. The minimum absolute atomic E-state index is 0.515.